The second-order valence-electron chi connectivity index (χ2n) is 6.68. The summed E-state index contributed by atoms with van der Waals surface area (Å²) in [6.07, 6.45) is 4.57. The van der Waals surface area contributed by atoms with E-state index >= 15 is 0 Å². The van der Waals surface area contributed by atoms with Crippen molar-refractivity contribution in [3.63, 3.8) is 0 Å². The van der Waals surface area contributed by atoms with Gasteiger partial charge in [0.15, 0.2) is 0 Å². The van der Waals surface area contributed by atoms with E-state index in [0.717, 1.165) is 17.7 Å². The summed E-state index contributed by atoms with van der Waals surface area (Å²) in [5.41, 5.74) is 2.16. The van der Waals surface area contributed by atoms with Crippen LogP contribution in [-0.4, -0.2) is 11.9 Å². The van der Waals surface area contributed by atoms with Crippen molar-refractivity contribution >= 4 is 17.3 Å². The maximum absolute atomic E-state index is 14.3. The lowest BCUT2D eigenvalue weighted by Crippen LogP contribution is -2.34. The molecular weight excluding hydrogens is 267 g/mol. The molecule has 0 bridgehead atoms. The van der Waals surface area contributed by atoms with Crippen LogP contribution in [0.15, 0.2) is 12.1 Å². The van der Waals surface area contributed by atoms with Crippen LogP contribution in [0.2, 0.25) is 0 Å². The molecule has 3 nitrogen and oxygen atoms in total. The van der Waals surface area contributed by atoms with E-state index in [9.17, 15) is 9.18 Å². The van der Waals surface area contributed by atoms with Gasteiger partial charge in [-0.05, 0) is 48.8 Å². The summed E-state index contributed by atoms with van der Waals surface area (Å²) in [5.74, 6) is 1.03. The van der Waals surface area contributed by atoms with Crippen molar-refractivity contribution in [3.05, 3.63) is 23.5 Å². The van der Waals surface area contributed by atoms with Gasteiger partial charge in [-0.1, -0.05) is 20.3 Å². The molecule has 1 aliphatic carbocycles. The van der Waals surface area contributed by atoms with Crippen LogP contribution in [0.4, 0.5) is 15.8 Å². The van der Waals surface area contributed by atoms with Gasteiger partial charge in [0, 0.05) is 18.2 Å². The minimum Gasteiger partial charge on any atom is -0.380 e. The van der Waals surface area contributed by atoms with E-state index in [-0.39, 0.29) is 11.7 Å². The molecule has 2 aliphatic rings. The van der Waals surface area contributed by atoms with Crippen LogP contribution in [0.3, 0.4) is 0 Å². The molecule has 0 saturated heterocycles. The second-order valence-corrected chi connectivity index (χ2v) is 6.68. The molecule has 3 atom stereocenters. The first-order valence-electron chi connectivity index (χ1n) is 7.91. The summed E-state index contributed by atoms with van der Waals surface area (Å²) in [5, 5.41) is 6.21. The third-order valence-electron chi connectivity index (χ3n) is 4.89. The summed E-state index contributed by atoms with van der Waals surface area (Å²) in [4.78, 5) is 11.5. The molecule has 1 aromatic rings. The highest BCUT2D eigenvalue weighted by atomic mass is 19.1. The zero-order valence-corrected chi connectivity index (χ0v) is 12.7. The highest BCUT2D eigenvalue weighted by Gasteiger charge is 2.26. The first kappa shape index (κ1) is 14.4. The number of carbonyl (C=O) groups is 1. The number of hydrogen-bond donors (Lipinski definition) is 2. The molecule has 1 saturated carbocycles. The summed E-state index contributed by atoms with van der Waals surface area (Å²) in [6.45, 7) is 4.48. The molecule has 21 heavy (non-hydrogen) atoms. The number of carbonyl (C=O) groups excluding carboxylic acids is 1. The van der Waals surface area contributed by atoms with Crippen molar-refractivity contribution < 1.29 is 9.18 Å². The number of anilines is 2. The lowest BCUT2D eigenvalue weighted by Gasteiger charge is -2.34. The zero-order chi connectivity index (χ0) is 15.0. The van der Waals surface area contributed by atoms with Crippen LogP contribution in [0.5, 0.6) is 0 Å². The average molecular weight is 290 g/mol. The Morgan fingerprint density at radius 2 is 2.05 bits per heavy atom. The molecule has 3 unspecified atom stereocenters. The number of fused-ring (bicyclic) bond motifs is 1. The molecule has 1 amide bonds. The Morgan fingerprint density at radius 1 is 1.24 bits per heavy atom. The summed E-state index contributed by atoms with van der Waals surface area (Å²) >= 11 is 0. The van der Waals surface area contributed by atoms with E-state index < -0.39 is 0 Å². The quantitative estimate of drug-likeness (QED) is 0.866. The number of hydrogen-bond acceptors (Lipinski definition) is 2. The molecule has 4 heteroatoms. The highest BCUT2D eigenvalue weighted by molar-refractivity contribution is 5.94. The molecule has 1 fully saturated rings. The number of amides is 1. The predicted octanol–water partition coefficient (Wildman–Crippen LogP) is 3.95. The van der Waals surface area contributed by atoms with E-state index in [4.69, 9.17) is 0 Å². The second kappa shape index (κ2) is 5.66. The van der Waals surface area contributed by atoms with E-state index in [2.05, 4.69) is 24.5 Å². The topological polar surface area (TPSA) is 41.1 Å². The van der Waals surface area contributed by atoms with Gasteiger partial charge in [-0.2, -0.15) is 0 Å². The summed E-state index contributed by atoms with van der Waals surface area (Å²) in [6, 6.07) is 3.63. The van der Waals surface area contributed by atoms with Crippen molar-refractivity contribution in [1.29, 1.82) is 0 Å². The Bertz CT molecular complexity index is 558. The van der Waals surface area contributed by atoms with Crippen molar-refractivity contribution in [2.24, 2.45) is 11.8 Å². The third-order valence-corrected chi connectivity index (χ3v) is 4.89. The van der Waals surface area contributed by atoms with Crippen LogP contribution >= 0.6 is 0 Å². The standard InChI is InChI=1S/C17H23FN2O/c1-10-3-4-11(2)14(7-10)19-16-9-15-12(8-13(16)18)5-6-17(21)20-15/h8-11,14,19H,3-7H2,1-2H3,(H,20,21). The van der Waals surface area contributed by atoms with Gasteiger partial charge in [-0.3, -0.25) is 4.79 Å². The fourth-order valence-corrected chi connectivity index (χ4v) is 3.44. The van der Waals surface area contributed by atoms with Gasteiger partial charge < -0.3 is 10.6 Å². The minimum atomic E-state index is -0.213. The number of rotatable bonds is 2. The SMILES string of the molecule is CC1CCC(C)C(Nc2cc3c(cc2F)CCC(=O)N3)C1. The van der Waals surface area contributed by atoms with Crippen molar-refractivity contribution in [2.45, 2.75) is 52.0 Å². The molecule has 1 heterocycles. The summed E-state index contributed by atoms with van der Waals surface area (Å²) in [7, 11) is 0. The fraction of sp³-hybridized carbons (Fsp3) is 0.588. The van der Waals surface area contributed by atoms with Crippen LogP contribution in [-0.2, 0) is 11.2 Å². The minimum absolute atomic E-state index is 0.0136. The van der Waals surface area contributed by atoms with Crippen molar-refractivity contribution in [2.75, 3.05) is 10.6 Å². The van der Waals surface area contributed by atoms with Crippen molar-refractivity contribution in [3.8, 4) is 0 Å². The normalized spacial score (nSPS) is 28.7. The van der Waals surface area contributed by atoms with Gasteiger partial charge in [0.1, 0.15) is 5.82 Å². The molecule has 0 aromatic heterocycles. The van der Waals surface area contributed by atoms with E-state index in [1.807, 2.05) is 0 Å². The first-order valence-corrected chi connectivity index (χ1v) is 7.91. The molecule has 114 valence electrons. The Labute approximate surface area is 125 Å². The fourth-order valence-electron chi connectivity index (χ4n) is 3.44. The highest BCUT2D eigenvalue weighted by Crippen LogP contribution is 2.33. The van der Waals surface area contributed by atoms with Gasteiger partial charge in [-0.25, -0.2) is 4.39 Å². The Kier molecular flexibility index (Phi) is 3.87. The number of aryl methyl sites for hydroxylation is 1. The molecular formula is C17H23FN2O. The smallest absolute Gasteiger partial charge is 0.224 e. The third kappa shape index (κ3) is 3.04. The monoisotopic (exact) mass is 290 g/mol. The van der Waals surface area contributed by atoms with E-state index in [1.54, 1.807) is 12.1 Å². The van der Waals surface area contributed by atoms with Crippen LogP contribution in [0.25, 0.3) is 0 Å². The molecule has 1 aliphatic heterocycles. The largest absolute Gasteiger partial charge is 0.380 e. The van der Waals surface area contributed by atoms with Gasteiger partial charge in [0.2, 0.25) is 5.91 Å². The molecule has 3 rings (SSSR count). The molecule has 0 radical (unpaired) electrons. The number of halogens is 1. The van der Waals surface area contributed by atoms with Crippen LogP contribution < -0.4 is 10.6 Å². The average Bonchev–Trinajstić information content (AvgIpc) is 2.44. The van der Waals surface area contributed by atoms with Crippen LogP contribution in [0, 0.1) is 17.7 Å². The molecule has 2 N–H and O–H groups in total. The van der Waals surface area contributed by atoms with E-state index in [1.165, 1.54) is 12.8 Å². The van der Waals surface area contributed by atoms with E-state index in [0.29, 0.717) is 36.4 Å². The lowest BCUT2D eigenvalue weighted by atomic mass is 9.80. The predicted molar refractivity (Wildman–Crippen MR) is 82.9 cm³/mol. The molecule has 1 aromatic carbocycles. The Morgan fingerprint density at radius 3 is 2.86 bits per heavy atom. The first-order chi connectivity index (χ1) is 10.0. The van der Waals surface area contributed by atoms with Gasteiger partial charge in [0.05, 0.1) is 5.69 Å². The Hall–Kier alpha value is -1.58. The molecule has 0 spiro atoms. The van der Waals surface area contributed by atoms with Gasteiger partial charge in [0.25, 0.3) is 0 Å². The lowest BCUT2D eigenvalue weighted by molar-refractivity contribution is -0.116. The van der Waals surface area contributed by atoms with Crippen molar-refractivity contribution in [1.82, 2.24) is 0 Å². The zero-order valence-electron chi connectivity index (χ0n) is 12.7. The van der Waals surface area contributed by atoms with Gasteiger partial charge >= 0.3 is 0 Å². The maximum Gasteiger partial charge on any atom is 0.224 e. The van der Waals surface area contributed by atoms with Crippen LogP contribution in [0.1, 0.15) is 45.1 Å². The maximum atomic E-state index is 14.3. The Balaban J connectivity index is 1.82. The number of benzene rings is 1. The number of nitrogens with one attached hydrogen (secondary N) is 2. The summed E-state index contributed by atoms with van der Waals surface area (Å²) < 4.78 is 14.3. The van der Waals surface area contributed by atoms with Gasteiger partial charge in [-0.15, -0.1) is 0 Å².